The zero-order chi connectivity index (χ0) is 24.2. The molecule has 0 bridgehead atoms. The topological polar surface area (TPSA) is 77.1 Å². The van der Waals surface area contributed by atoms with Crippen LogP contribution in [0.2, 0.25) is 0 Å². The molecule has 2 aromatic rings. The van der Waals surface area contributed by atoms with Crippen molar-refractivity contribution in [1.29, 1.82) is 0 Å². The molecule has 1 atom stereocenters. The van der Waals surface area contributed by atoms with Gasteiger partial charge in [0, 0.05) is 20.0 Å². The standard InChI is InChI=1S/C26H36N2O5/c1-6-22(26(30)27-4)28(18-20-9-13-21(31-5)14-10-20)25(29)16-12-19-11-15-23(32-7-2)24(17-19)33-8-3/h9-11,13-15,17,22H,6-8,12,16,18H2,1-5H3,(H,27,30)/t22-/m0/s1. The van der Waals surface area contributed by atoms with Crippen LogP contribution in [0.4, 0.5) is 0 Å². The zero-order valence-corrected chi connectivity index (χ0v) is 20.3. The van der Waals surface area contributed by atoms with Crippen LogP contribution >= 0.6 is 0 Å². The summed E-state index contributed by atoms with van der Waals surface area (Å²) in [6.45, 7) is 7.19. The highest BCUT2D eigenvalue weighted by Gasteiger charge is 2.27. The summed E-state index contributed by atoms with van der Waals surface area (Å²) >= 11 is 0. The second kappa shape index (κ2) is 13.4. The third-order valence-corrected chi connectivity index (χ3v) is 5.38. The van der Waals surface area contributed by atoms with Crippen LogP contribution in [0.1, 0.15) is 44.7 Å². The van der Waals surface area contributed by atoms with Gasteiger partial charge in [0.1, 0.15) is 11.8 Å². The van der Waals surface area contributed by atoms with Gasteiger partial charge in [-0.15, -0.1) is 0 Å². The molecule has 0 fully saturated rings. The minimum Gasteiger partial charge on any atom is -0.497 e. The number of ether oxygens (including phenoxy) is 3. The molecular formula is C26H36N2O5. The van der Waals surface area contributed by atoms with E-state index in [4.69, 9.17) is 14.2 Å². The highest BCUT2D eigenvalue weighted by Crippen LogP contribution is 2.29. The second-order valence-electron chi connectivity index (χ2n) is 7.56. The summed E-state index contributed by atoms with van der Waals surface area (Å²) in [7, 11) is 3.21. The Kier molecular flexibility index (Phi) is 10.5. The first-order chi connectivity index (χ1) is 16.0. The summed E-state index contributed by atoms with van der Waals surface area (Å²) in [6, 6.07) is 12.7. The molecule has 2 aromatic carbocycles. The van der Waals surface area contributed by atoms with Crippen LogP contribution in [0, 0.1) is 0 Å². The molecule has 7 heteroatoms. The van der Waals surface area contributed by atoms with Gasteiger partial charge < -0.3 is 24.4 Å². The quantitative estimate of drug-likeness (QED) is 0.493. The van der Waals surface area contributed by atoms with Crippen LogP contribution in [-0.4, -0.2) is 50.1 Å². The second-order valence-corrected chi connectivity index (χ2v) is 7.56. The number of methoxy groups -OCH3 is 1. The number of nitrogens with zero attached hydrogens (tertiary/aromatic N) is 1. The van der Waals surface area contributed by atoms with Crippen molar-refractivity contribution in [2.75, 3.05) is 27.4 Å². The van der Waals surface area contributed by atoms with Crippen molar-refractivity contribution in [3.63, 3.8) is 0 Å². The lowest BCUT2D eigenvalue weighted by Gasteiger charge is -2.30. The number of rotatable bonds is 13. The molecule has 0 heterocycles. The largest absolute Gasteiger partial charge is 0.497 e. The Bertz CT molecular complexity index is 898. The van der Waals surface area contributed by atoms with Gasteiger partial charge >= 0.3 is 0 Å². The minimum atomic E-state index is -0.538. The van der Waals surface area contributed by atoms with E-state index in [0.717, 1.165) is 16.9 Å². The van der Waals surface area contributed by atoms with Crippen LogP contribution in [0.25, 0.3) is 0 Å². The maximum atomic E-state index is 13.3. The van der Waals surface area contributed by atoms with Crippen molar-refractivity contribution in [3.8, 4) is 17.2 Å². The van der Waals surface area contributed by atoms with Crippen LogP contribution in [0.3, 0.4) is 0 Å². The van der Waals surface area contributed by atoms with Gasteiger partial charge in [0.25, 0.3) is 0 Å². The molecule has 2 amide bonds. The maximum absolute atomic E-state index is 13.3. The molecule has 180 valence electrons. The maximum Gasteiger partial charge on any atom is 0.242 e. The first-order valence-corrected chi connectivity index (χ1v) is 11.5. The number of benzene rings is 2. The Balaban J connectivity index is 2.19. The Morgan fingerprint density at radius 1 is 0.939 bits per heavy atom. The van der Waals surface area contributed by atoms with E-state index in [9.17, 15) is 9.59 Å². The number of likely N-dealkylation sites (N-methyl/N-ethyl adjacent to an activating group) is 1. The average Bonchev–Trinajstić information content (AvgIpc) is 2.84. The van der Waals surface area contributed by atoms with E-state index in [1.807, 2.05) is 63.2 Å². The van der Waals surface area contributed by atoms with Gasteiger partial charge in [0.2, 0.25) is 11.8 Å². The van der Waals surface area contributed by atoms with Crippen LogP contribution in [-0.2, 0) is 22.6 Å². The van der Waals surface area contributed by atoms with Crippen molar-refractivity contribution in [3.05, 3.63) is 53.6 Å². The normalized spacial score (nSPS) is 11.4. The number of carbonyl (C=O) groups is 2. The lowest BCUT2D eigenvalue weighted by molar-refractivity contribution is -0.141. The average molecular weight is 457 g/mol. The van der Waals surface area contributed by atoms with Gasteiger partial charge in [-0.25, -0.2) is 0 Å². The predicted molar refractivity (Wildman–Crippen MR) is 129 cm³/mol. The van der Waals surface area contributed by atoms with Gasteiger partial charge in [0.05, 0.1) is 20.3 Å². The van der Waals surface area contributed by atoms with Gasteiger partial charge in [-0.3, -0.25) is 9.59 Å². The Morgan fingerprint density at radius 2 is 1.58 bits per heavy atom. The fraction of sp³-hybridized carbons (Fsp3) is 0.462. The van der Waals surface area contributed by atoms with E-state index >= 15 is 0 Å². The number of carbonyl (C=O) groups excluding carboxylic acids is 2. The molecule has 0 aliphatic rings. The molecule has 7 nitrogen and oxygen atoms in total. The van der Waals surface area contributed by atoms with Crippen LogP contribution in [0.5, 0.6) is 17.2 Å². The predicted octanol–water partition coefficient (Wildman–Crippen LogP) is 3.98. The van der Waals surface area contributed by atoms with Crippen molar-refractivity contribution >= 4 is 11.8 Å². The van der Waals surface area contributed by atoms with Crippen molar-refractivity contribution in [2.24, 2.45) is 0 Å². The van der Waals surface area contributed by atoms with Crippen molar-refractivity contribution in [2.45, 2.75) is 52.6 Å². The van der Waals surface area contributed by atoms with Gasteiger partial charge in [-0.2, -0.15) is 0 Å². The molecule has 0 aliphatic carbocycles. The third-order valence-electron chi connectivity index (χ3n) is 5.38. The Hall–Kier alpha value is -3.22. The number of hydrogen-bond donors (Lipinski definition) is 1. The van der Waals surface area contributed by atoms with Gasteiger partial charge in [0.15, 0.2) is 11.5 Å². The van der Waals surface area contributed by atoms with E-state index in [-0.39, 0.29) is 18.2 Å². The fourth-order valence-corrected chi connectivity index (χ4v) is 3.66. The zero-order valence-electron chi connectivity index (χ0n) is 20.3. The van der Waals surface area contributed by atoms with E-state index in [0.29, 0.717) is 44.1 Å². The SMILES string of the molecule is CCOc1ccc(CCC(=O)N(Cc2ccc(OC)cc2)[C@@H](CC)C(=O)NC)cc1OCC. The molecule has 0 saturated heterocycles. The number of amides is 2. The van der Waals surface area contributed by atoms with Crippen LogP contribution < -0.4 is 19.5 Å². The molecule has 0 aromatic heterocycles. The third kappa shape index (κ3) is 7.41. The summed E-state index contributed by atoms with van der Waals surface area (Å²) in [6.07, 6.45) is 1.34. The van der Waals surface area contributed by atoms with Crippen molar-refractivity contribution < 1.29 is 23.8 Å². The summed E-state index contributed by atoms with van der Waals surface area (Å²) in [4.78, 5) is 27.5. The van der Waals surface area contributed by atoms with E-state index in [1.54, 1.807) is 19.1 Å². The molecule has 2 rings (SSSR count). The van der Waals surface area contributed by atoms with E-state index in [1.165, 1.54) is 0 Å². The molecule has 0 radical (unpaired) electrons. The molecule has 0 spiro atoms. The molecule has 0 aliphatic heterocycles. The molecule has 0 saturated carbocycles. The van der Waals surface area contributed by atoms with E-state index in [2.05, 4.69) is 5.32 Å². The summed E-state index contributed by atoms with van der Waals surface area (Å²) in [5.74, 6) is 1.88. The minimum absolute atomic E-state index is 0.0758. The number of nitrogens with one attached hydrogen (secondary N) is 1. The van der Waals surface area contributed by atoms with Crippen LogP contribution in [0.15, 0.2) is 42.5 Å². The lowest BCUT2D eigenvalue weighted by atomic mass is 10.1. The molecule has 0 unspecified atom stereocenters. The summed E-state index contributed by atoms with van der Waals surface area (Å²) in [5.41, 5.74) is 1.92. The number of hydrogen-bond acceptors (Lipinski definition) is 5. The molecular weight excluding hydrogens is 420 g/mol. The van der Waals surface area contributed by atoms with E-state index < -0.39 is 6.04 Å². The highest BCUT2D eigenvalue weighted by molar-refractivity contribution is 5.87. The van der Waals surface area contributed by atoms with Gasteiger partial charge in [-0.1, -0.05) is 25.1 Å². The summed E-state index contributed by atoms with van der Waals surface area (Å²) in [5, 5.41) is 2.69. The Labute approximate surface area is 197 Å². The lowest BCUT2D eigenvalue weighted by Crippen LogP contribution is -2.48. The highest BCUT2D eigenvalue weighted by atomic mass is 16.5. The monoisotopic (exact) mass is 456 g/mol. The van der Waals surface area contributed by atoms with Crippen molar-refractivity contribution in [1.82, 2.24) is 10.2 Å². The fourth-order valence-electron chi connectivity index (χ4n) is 3.66. The smallest absolute Gasteiger partial charge is 0.242 e. The Morgan fingerprint density at radius 3 is 2.15 bits per heavy atom. The first kappa shape index (κ1) is 26.0. The first-order valence-electron chi connectivity index (χ1n) is 11.5. The molecule has 1 N–H and O–H groups in total. The molecule has 33 heavy (non-hydrogen) atoms. The number of aryl methyl sites for hydroxylation is 1. The van der Waals surface area contributed by atoms with Gasteiger partial charge in [-0.05, 0) is 62.1 Å². The summed E-state index contributed by atoms with van der Waals surface area (Å²) < 4.78 is 16.5.